The summed E-state index contributed by atoms with van der Waals surface area (Å²) in [6, 6.07) is 5.69. The molecule has 0 atom stereocenters. The molecule has 17 heavy (non-hydrogen) atoms. The van der Waals surface area contributed by atoms with Gasteiger partial charge in [0.05, 0.1) is 11.0 Å². The smallest absolute Gasteiger partial charge is 0.163 e. The normalized spacial score (nSPS) is 11.3. The second-order valence-corrected chi connectivity index (χ2v) is 4.79. The molecular formula is C14H18N2O. The van der Waals surface area contributed by atoms with E-state index in [2.05, 4.69) is 30.7 Å². The van der Waals surface area contributed by atoms with Crippen molar-refractivity contribution in [1.29, 1.82) is 0 Å². The number of hydrogen-bond donors (Lipinski definition) is 1. The van der Waals surface area contributed by atoms with Crippen LogP contribution in [-0.4, -0.2) is 15.8 Å². The number of rotatable bonds is 4. The fourth-order valence-corrected chi connectivity index (χ4v) is 1.89. The molecule has 1 aromatic carbocycles. The predicted molar refractivity (Wildman–Crippen MR) is 69.3 cm³/mol. The molecule has 0 radical (unpaired) electrons. The lowest BCUT2D eigenvalue weighted by molar-refractivity contribution is 0.0968. The van der Waals surface area contributed by atoms with Gasteiger partial charge in [0.15, 0.2) is 5.78 Å². The molecule has 0 aliphatic carbocycles. The molecule has 2 aromatic rings. The summed E-state index contributed by atoms with van der Waals surface area (Å²) in [5, 5.41) is 0. The van der Waals surface area contributed by atoms with Gasteiger partial charge in [-0.2, -0.15) is 0 Å². The third-order valence-corrected chi connectivity index (χ3v) is 2.78. The van der Waals surface area contributed by atoms with E-state index in [1.54, 1.807) is 0 Å². The Morgan fingerprint density at radius 1 is 1.41 bits per heavy atom. The predicted octanol–water partition coefficient (Wildman–Crippen LogP) is 3.35. The number of imidazole rings is 1. The highest BCUT2D eigenvalue weighted by Crippen LogP contribution is 2.16. The minimum atomic E-state index is 0.203. The summed E-state index contributed by atoms with van der Waals surface area (Å²) in [4.78, 5) is 19.6. The van der Waals surface area contributed by atoms with Gasteiger partial charge < -0.3 is 4.98 Å². The van der Waals surface area contributed by atoms with Crippen molar-refractivity contribution in [1.82, 2.24) is 9.97 Å². The summed E-state index contributed by atoms with van der Waals surface area (Å²) in [6.07, 6.45) is 1.48. The highest BCUT2D eigenvalue weighted by Gasteiger charge is 2.10. The Balaban J connectivity index is 2.33. The van der Waals surface area contributed by atoms with Crippen LogP contribution in [0.15, 0.2) is 18.2 Å². The molecule has 0 saturated carbocycles. The zero-order chi connectivity index (χ0) is 12.4. The van der Waals surface area contributed by atoms with Gasteiger partial charge in [0, 0.05) is 18.4 Å². The number of ketones is 1. The lowest BCUT2D eigenvalue weighted by atomic mass is 10.0. The molecule has 0 amide bonds. The van der Waals surface area contributed by atoms with Gasteiger partial charge in [-0.1, -0.05) is 20.8 Å². The largest absolute Gasteiger partial charge is 0.342 e. The maximum Gasteiger partial charge on any atom is 0.163 e. The molecule has 0 unspecified atom stereocenters. The van der Waals surface area contributed by atoms with E-state index in [1.807, 2.05) is 18.2 Å². The molecule has 1 heterocycles. The van der Waals surface area contributed by atoms with Crippen molar-refractivity contribution >= 4 is 16.8 Å². The van der Waals surface area contributed by atoms with Crippen LogP contribution >= 0.6 is 0 Å². The summed E-state index contributed by atoms with van der Waals surface area (Å²) in [7, 11) is 0. The van der Waals surface area contributed by atoms with E-state index >= 15 is 0 Å². The quantitative estimate of drug-likeness (QED) is 0.819. The number of hydrogen-bond acceptors (Lipinski definition) is 2. The van der Waals surface area contributed by atoms with E-state index in [9.17, 15) is 4.79 Å². The Hall–Kier alpha value is -1.64. The van der Waals surface area contributed by atoms with Crippen molar-refractivity contribution in [2.75, 3.05) is 0 Å². The molecule has 90 valence electrons. The van der Waals surface area contributed by atoms with Crippen LogP contribution in [0.25, 0.3) is 11.0 Å². The number of nitrogens with one attached hydrogen (secondary N) is 1. The van der Waals surface area contributed by atoms with Crippen LogP contribution in [0.3, 0.4) is 0 Å². The summed E-state index contributed by atoms with van der Waals surface area (Å²) >= 11 is 0. The van der Waals surface area contributed by atoms with Crippen LogP contribution in [0, 0.1) is 5.92 Å². The van der Waals surface area contributed by atoms with E-state index in [1.165, 1.54) is 0 Å². The van der Waals surface area contributed by atoms with Crippen molar-refractivity contribution in [2.24, 2.45) is 5.92 Å². The van der Waals surface area contributed by atoms with Crippen molar-refractivity contribution < 1.29 is 4.79 Å². The maximum atomic E-state index is 11.9. The van der Waals surface area contributed by atoms with Gasteiger partial charge in [-0.05, 0) is 24.1 Å². The van der Waals surface area contributed by atoms with E-state index < -0.39 is 0 Å². The average Bonchev–Trinajstić information content (AvgIpc) is 2.69. The summed E-state index contributed by atoms with van der Waals surface area (Å²) < 4.78 is 0. The molecule has 2 rings (SSSR count). The Kier molecular flexibility index (Phi) is 3.27. The second kappa shape index (κ2) is 4.70. The minimum absolute atomic E-state index is 0.203. The lowest BCUT2D eigenvalue weighted by Crippen LogP contribution is -2.03. The summed E-state index contributed by atoms with van der Waals surface area (Å²) in [5.41, 5.74) is 2.66. The first-order valence-electron chi connectivity index (χ1n) is 6.12. The van der Waals surface area contributed by atoms with Gasteiger partial charge in [0.2, 0.25) is 0 Å². The van der Waals surface area contributed by atoms with Crippen LogP contribution in [0.4, 0.5) is 0 Å². The molecule has 1 N–H and O–H groups in total. The maximum absolute atomic E-state index is 11.9. The zero-order valence-corrected chi connectivity index (χ0v) is 10.6. The van der Waals surface area contributed by atoms with Crippen molar-refractivity contribution in [3.05, 3.63) is 29.6 Å². The van der Waals surface area contributed by atoms with Crippen LogP contribution in [-0.2, 0) is 6.42 Å². The van der Waals surface area contributed by atoms with Gasteiger partial charge in [-0.25, -0.2) is 4.98 Å². The van der Waals surface area contributed by atoms with Gasteiger partial charge >= 0.3 is 0 Å². The molecule has 0 aliphatic heterocycles. The first-order chi connectivity index (χ1) is 8.10. The molecule has 3 nitrogen and oxygen atoms in total. The zero-order valence-electron chi connectivity index (χ0n) is 10.6. The fourth-order valence-electron chi connectivity index (χ4n) is 1.89. The summed E-state index contributed by atoms with van der Waals surface area (Å²) in [6.45, 7) is 6.17. The minimum Gasteiger partial charge on any atom is -0.342 e. The van der Waals surface area contributed by atoms with E-state index in [-0.39, 0.29) is 5.78 Å². The molecule has 0 aliphatic rings. The number of carbonyl (C=O) groups excluding carboxylic acids is 1. The third-order valence-electron chi connectivity index (χ3n) is 2.78. The van der Waals surface area contributed by atoms with Gasteiger partial charge in [0.1, 0.15) is 5.82 Å². The molecule has 3 heteroatoms. The molecule has 0 saturated heterocycles. The fraction of sp³-hybridized carbons (Fsp3) is 0.429. The van der Waals surface area contributed by atoms with Gasteiger partial charge in [-0.3, -0.25) is 4.79 Å². The standard InChI is InChI=1S/C14H18N2O/c1-4-14-15-11-6-5-10(8-12(11)16-14)13(17)7-9(2)3/h5-6,8-9H,4,7H2,1-3H3,(H,15,16). The van der Waals surface area contributed by atoms with E-state index in [0.717, 1.165) is 28.8 Å². The van der Waals surface area contributed by atoms with Crippen molar-refractivity contribution in [3.8, 4) is 0 Å². The van der Waals surface area contributed by atoms with E-state index in [4.69, 9.17) is 0 Å². The van der Waals surface area contributed by atoms with Gasteiger partial charge in [-0.15, -0.1) is 0 Å². The van der Waals surface area contributed by atoms with Crippen molar-refractivity contribution in [3.63, 3.8) is 0 Å². The molecule has 0 spiro atoms. The van der Waals surface area contributed by atoms with Crippen LogP contribution in [0.1, 0.15) is 43.4 Å². The van der Waals surface area contributed by atoms with Gasteiger partial charge in [0.25, 0.3) is 0 Å². The topological polar surface area (TPSA) is 45.8 Å². The molecule has 0 fully saturated rings. The number of aryl methyl sites for hydroxylation is 1. The first-order valence-corrected chi connectivity index (χ1v) is 6.12. The Labute approximate surface area is 101 Å². The Morgan fingerprint density at radius 2 is 2.18 bits per heavy atom. The Bertz CT molecular complexity index is 540. The number of aromatic amines is 1. The van der Waals surface area contributed by atoms with Crippen LogP contribution in [0.5, 0.6) is 0 Å². The Morgan fingerprint density at radius 3 is 2.82 bits per heavy atom. The first kappa shape index (κ1) is 11.8. The molecular weight excluding hydrogens is 212 g/mol. The SMILES string of the molecule is CCc1nc2ccc(C(=O)CC(C)C)cc2[nH]1. The molecule has 1 aromatic heterocycles. The van der Waals surface area contributed by atoms with Crippen molar-refractivity contribution in [2.45, 2.75) is 33.6 Å². The number of aromatic nitrogens is 2. The van der Waals surface area contributed by atoms with E-state index in [0.29, 0.717) is 12.3 Å². The highest BCUT2D eigenvalue weighted by atomic mass is 16.1. The third kappa shape index (κ3) is 2.54. The lowest BCUT2D eigenvalue weighted by Gasteiger charge is -2.03. The average molecular weight is 230 g/mol. The number of fused-ring (bicyclic) bond motifs is 1. The highest BCUT2D eigenvalue weighted by molar-refractivity contribution is 5.98. The number of Topliss-reactive ketones (excluding diaryl/α,β-unsaturated/α-hetero) is 1. The molecule has 0 bridgehead atoms. The summed E-state index contributed by atoms with van der Waals surface area (Å²) in [5.74, 6) is 1.56. The second-order valence-electron chi connectivity index (χ2n) is 4.79. The van der Waals surface area contributed by atoms with Crippen LogP contribution in [0.2, 0.25) is 0 Å². The monoisotopic (exact) mass is 230 g/mol. The number of carbonyl (C=O) groups is 1. The number of H-pyrrole nitrogens is 1. The number of benzene rings is 1. The van der Waals surface area contributed by atoms with Crippen LogP contribution < -0.4 is 0 Å². The number of nitrogens with zero attached hydrogens (tertiary/aromatic N) is 1.